The maximum absolute atomic E-state index is 13.0. The summed E-state index contributed by atoms with van der Waals surface area (Å²) in [6.07, 6.45) is 2.67. The fourth-order valence-corrected chi connectivity index (χ4v) is 4.65. The average molecular weight is 570 g/mol. The number of benzene rings is 2. The van der Waals surface area contributed by atoms with Gasteiger partial charge >= 0.3 is 0 Å². The molecule has 13 heteroatoms. The molecule has 0 aliphatic carbocycles. The normalized spacial score (nSPS) is 12.2. The van der Waals surface area contributed by atoms with Crippen molar-refractivity contribution in [2.45, 2.75) is 4.90 Å². The Hall–Kier alpha value is -3.18. The quantitative estimate of drug-likeness (QED) is 0.380. The summed E-state index contributed by atoms with van der Waals surface area (Å²) < 4.78 is 21.6. The molecular weight excluding hydrogens is 551 g/mol. The topological polar surface area (TPSA) is 127 Å². The van der Waals surface area contributed by atoms with Crippen molar-refractivity contribution in [2.75, 3.05) is 29.9 Å². The largest absolute Gasteiger partial charge is 0.494 e. The van der Waals surface area contributed by atoms with Crippen molar-refractivity contribution in [1.29, 1.82) is 0 Å². The second-order valence-corrected chi connectivity index (χ2v) is 10.6. The van der Waals surface area contributed by atoms with Gasteiger partial charge in [0.25, 0.3) is 17.7 Å². The highest BCUT2D eigenvalue weighted by atomic mass is 35.5. The minimum atomic E-state index is -3.03. The van der Waals surface area contributed by atoms with Crippen LogP contribution in [0.3, 0.4) is 0 Å². The summed E-state index contributed by atoms with van der Waals surface area (Å²) in [5, 5.41) is 5.87. The molecule has 0 aliphatic rings. The fourth-order valence-electron chi connectivity index (χ4n) is 3.00. The minimum Gasteiger partial charge on any atom is -0.494 e. The number of aromatic nitrogens is 1. The number of carbonyl (C=O) groups is 3. The Balaban J connectivity index is 1.91. The maximum atomic E-state index is 13.0. The zero-order valence-electron chi connectivity index (χ0n) is 18.9. The number of ether oxygens (including phenoxy) is 1. The predicted octanol–water partition coefficient (Wildman–Crippen LogP) is 5.12. The molecule has 2 aromatic carbocycles. The van der Waals surface area contributed by atoms with E-state index in [1.807, 2.05) is 0 Å². The number of pyridine rings is 1. The molecule has 3 amide bonds. The van der Waals surface area contributed by atoms with E-state index in [0.717, 1.165) is 0 Å². The lowest BCUT2D eigenvalue weighted by Crippen LogP contribution is -2.19. The van der Waals surface area contributed by atoms with Crippen molar-refractivity contribution in [2.24, 2.45) is 4.36 Å². The fraction of sp³-hybridized carbons (Fsp3) is 0.130. The molecule has 2 N–H and O–H groups in total. The van der Waals surface area contributed by atoms with Crippen molar-refractivity contribution in [1.82, 2.24) is 4.98 Å². The van der Waals surface area contributed by atoms with Gasteiger partial charge in [0.15, 0.2) is 0 Å². The molecule has 36 heavy (non-hydrogen) atoms. The van der Waals surface area contributed by atoms with Crippen LogP contribution in [0.25, 0.3) is 0 Å². The first-order valence-electron chi connectivity index (χ1n) is 10.1. The highest BCUT2D eigenvalue weighted by Gasteiger charge is 2.21. The number of anilines is 2. The van der Waals surface area contributed by atoms with E-state index >= 15 is 0 Å². The van der Waals surface area contributed by atoms with Gasteiger partial charge in [-0.15, -0.1) is 11.6 Å². The van der Waals surface area contributed by atoms with Gasteiger partial charge in [0.1, 0.15) is 17.4 Å². The Morgan fingerprint density at radius 3 is 2.28 bits per heavy atom. The first-order chi connectivity index (χ1) is 17.0. The summed E-state index contributed by atoms with van der Waals surface area (Å²) in [6.45, 7) is 0. The number of nitrogens with one attached hydrogen (secondary N) is 2. The van der Waals surface area contributed by atoms with Crippen LogP contribution in [0.1, 0.15) is 20.7 Å². The number of carbonyl (C=O) groups excluding carboxylic acids is 3. The van der Waals surface area contributed by atoms with Crippen molar-refractivity contribution in [3.05, 3.63) is 75.9 Å². The van der Waals surface area contributed by atoms with Crippen molar-refractivity contribution in [3.8, 4) is 5.75 Å². The Morgan fingerprint density at radius 2 is 1.69 bits per heavy atom. The zero-order valence-corrected chi connectivity index (χ0v) is 22.0. The molecule has 188 valence electrons. The molecule has 1 atom stereocenters. The highest BCUT2D eigenvalue weighted by molar-refractivity contribution is 7.93. The van der Waals surface area contributed by atoms with Gasteiger partial charge in [-0.05, 0) is 42.5 Å². The van der Waals surface area contributed by atoms with Crippen LogP contribution in [0.2, 0.25) is 10.0 Å². The SMILES string of the molecule is COc1cc(Cl)cc(C(=O)Nc2ccc(Cl)cn2)c1NC(=O)c1ccc(S(C)(=O)=NC(=O)CCl)cc1. The van der Waals surface area contributed by atoms with Gasteiger partial charge in [-0.25, -0.2) is 9.19 Å². The lowest BCUT2D eigenvalue weighted by Gasteiger charge is -2.16. The number of hydrogen-bond acceptors (Lipinski definition) is 6. The first-order valence-corrected chi connectivity index (χ1v) is 13.3. The molecule has 0 fully saturated rings. The highest BCUT2D eigenvalue weighted by Crippen LogP contribution is 2.33. The van der Waals surface area contributed by atoms with Crippen LogP contribution >= 0.6 is 34.8 Å². The number of halogens is 3. The van der Waals surface area contributed by atoms with Gasteiger partial charge in [-0.2, -0.15) is 4.36 Å². The number of methoxy groups -OCH3 is 1. The average Bonchev–Trinajstić information content (AvgIpc) is 2.85. The maximum Gasteiger partial charge on any atom is 0.268 e. The van der Waals surface area contributed by atoms with Crippen molar-refractivity contribution >= 4 is 73.8 Å². The molecule has 1 unspecified atom stereocenters. The summed E-state index contributed by atoms with van der Waals surface area (Å²) >= 11 is 17.4. The molecule has 0 bridgehead atoms. The summed E-state index contributed by atoms with van der Waals surface area (Å²) in [4.78, 5) is 41.7. The van der Waals surface area contributed by atoms with Crippen LogP contribution in [0.4, 0.5) is 11.5 Å². The second kappa shape index (κ2) is 11.7. The van der Waals surface area contributed by atoms with Gasteiger partial charge in [0, 0.05) is 34.0 Å². The Kier molecular flexibility index (Phi) is 8.91. The number of nitrogens with zero attached hydrogens (tertiary/aromatic N) is 2. The van der Waals surface area contributed by atoms with Crippen LogP contribution in [0.15, 0.2) is 64.0 Å². The molecular formula is C23H19Cl3N4O5S. The number of amides is 3. The molecule has 0 aliphatic heterocycles. The third kappa shape index (κ3) is 6.73. The molecule has 0 saturated heterocycles. The lowest BCUT2D eigenvalue weighted by molar-refractivity contribution is -0.115. The first kappa shape index (κ1) is 27.4. The minimum absolute atomic E-state index is 0.0241. The summed E-state index contributed by atoms with van der Waals surface area (Å²) in [5.41, 5.74) is 0.279. The predicted molar refractivity (Wildman–Crippen MR) is 140 cm³/mol. The molecule has 1 aromatic heterocycles. The molecule has 3 aromatic rings. The van der Waals surface area contributed by atoms with Crippen LogP contribution in [0, 0.1) is 0 Å². The molecule has 1 heterocycles. The Labute approximate surface area is 222 Å². The third-order valence-corrected chi connectivity index (χ3v) is 7.05. The van der Waals surface area contributed by atoms with Crippen LogP contribution in [-0.4, -0.2) is 46.2 Å². The Bertz CT molecular complexity index is 1440. The van der Waals surface area contributed by atoms with Gasteiger partial charge < -0.3 is 15.4 Å². The van der Waals surface area contributed by atoms with Gasteiger partial charge in [-0.1, -0.05) is 23.2 Å². The standard InChI is InChI=1S/C23H19Cl3N4O5S/c1-35-18-10-15(26)9-17(23(33)28-19-8-5-14(25)12-27-19)21(18)29-22(32)13-3-6-16(7-4-13)36(2,34)30-20(31)11-24/h3-10,12H,11H2,1-2H3,(H,29,32)(H,27,28,33). The summed E-state index contributed by atoms with van der Waals surface area (Å²) in [7, 11) is -1.67. The van der Waals surface area contributed by atoms with E-state index < -0.39 is 33.3 Å². The molecule has 9 nitrogen and oxygen atoms in total. The van der Waals surface area contributed by atoms with E-state index in [-0.39, 0.29) is 38.3 Å². The van der Waals surface area contributed by atoms with Crippen LogP contribution in [-0.2, 0) is 14.5 Å². The van der Waals surface area contributed by atoms with Crippen LogP contribution in [0.5, 0.6) is 5.75 Å². The second-order valence-electron chi connectivity index (χ2n) is 7.25. The summed E-state index contributed by atoms with van der Waals surface area (Å²) in [6, 6.07) is 11.5. The summed E-state index contributed by atoms with van der Waals surface area (Å²) in [5.74, 6) is -1.91. The molecule has 0 saturated carbocycles. The van der Waals surface area contributed by atoms with E-state index in [1.54, 1.807) is 6.07 Å². The number of alkyl halides is 1. The monoisotopic (exact) mass is 568 g/mol. The van der Waals surface area contributed by atoms with E-state index in [9.17, 15) is 18.6 Å². The van der Waals surface area contributed by atoms with Crippen molar-refractivity contribution < 1.29 is 23.3 Å². The van der Waals surface area contributed by atoms with E-state index in [1.165, 1.54) is 62.0 Å². The smallest absolute Gasteiger partial charge is 0.268 e. The van der Waals surface area contributed by atoms with Gasteiger partial charge in [0.05, 0.1) is 33.1 Å². The van der Waals surface area contributed by atoms with Gasteiger partial charge in [-0.3, -0.25) is 14.4 Å². The molecule has 0 radical (unpaired) electrons. The molecule has 3 rings (SSSR count). The van der Waals surface area contributed by atoms with E-state index in [0.29, 0.717) is 5.02 Å². The van der Waals surface area contributed by atoms with E-state index in [4.69, 9.17) is 39.5 Å². The van der Waals surface area contributed by atoms with Crippen molar-refractivity contribution in [3.63, 3.8) is 0 Å². The van der Waals surface area contributed by atoms with E-state index in [2.05, 4.69) is 20.0 Å². The van der Waals surface area contributed by atoms with Crippen LogP contribution < -0.4 is 15.4 Å². The van der Waals surface area contributed by atoms with Gasteiger partial charge in [0.2, 0.25) is 0 Å². The lowest BCUT2D eigenvalue weighted by atomic mass is 10.1. The number of hydrogen-bond donors (Lipinski definition) is 2. The third-order valence-electron chi connectivity index (χ3n) is 4.68. The number of rotatable bonds is 7. The zero-order chi connectivity index (χ0) is 26.5. The Morgan fingerprint density at radius 1 is 1.00 bits per heavy atom. The molecule has 0 spiro atoms.